The monoisotopic (exact) mass is 474 g/mol. The quantitative estimate of drug-likeness (QED) is 0.595. The highest BCUT2D eigenvalue weighted by molar-refractivity contribution is 5.93. The van der Waals surface area contributed by atoms with E-state index in [2.05, 4.69) is 9.72 Å². The molecule has 4 N–H and O–H groups in total. The Morgan fingerprint density at radius 2 is 1.88 bits per heavy atom. The Kier molecular flexibility index (Phi) is 6.60. The van der Waals surface area contributed by atoms with Crippen molar-refractivity contribution in [3.8, 4) is 11.5 Å². The van der Waals surface area contributed by atoms with E-state index in [-0.39, 0.29) is 30.1 Å². The highest BCUT2D eigenvalue weighted by Crippen LogP contribution is 2.34. The summed E-state index contributed by atoms with van der Waals surface area (Å²) < 4.78 is 74.7. The fraction of sp³-hybridized carbons (Fsp3) is 0.350. The van der Waals surface area contributed by atoms with Gasteiger partial charge in [-0.2, -0.15) is 0 Å². The third kappa shape index (κ3) is 6.20. The summed E-state index contributed by atoms with van der Waals surface area (Å²) in [5.74, 6) is -6.71. The molecule has 1 saturated heterocycles. The predicted molar refractivity (Wildman–Crippen MR) is 105 cm³/mol. The molecule has 0 aliphatic carbocycles. The van der Waals surface area contributed by atoms with Gasteiger partial charge in [-0.05, 0) is 23.8 Å². The van der Waals surface area contributed by atoms with Crippen LogP contribution >= 0.6 is 0 Å². The summed E-state index contributed by atoms with van der Waals surface area (Å²) in [5, 5.41) is 0. The van der Waals surface area contributed by atoms with E-state index in [4.69, 9.17) is 16.2 Å². The van der Waals surface area contributed by atoms with Gasteiger partial charge in [0.15, 0.2) is 11.6 Å². The Bertz CT molecular complexity index is 1030. The number of ether oxygens (including phenoxy) is 2. The van der Waals surface area contributed by atoms with E-state index >= 15 is 0 Å². The van der Waals surface area contributed by atoms with Gasteiger partial charge in [0.2, 0.25) is 11.8 Å². The summed E-state index contributed by atoms with van der Waals surface area (Å²) in [4.78, 5) is 28.4. The molecule has 0 saturated carbocycles. The zero-order chi connectivity index (χ0) is 24.4. The first-order valence-electron chi connectivity index (χ1n) is 9.52. The van der Waals surface area contributed by atoms with E-state index in [1.165, 1.54) is 18.2 Å². The summed E-state index contributed by atoms with van der Waals surface area (Å²) in [7, 11) is 0. The minimum Gasteiger partial charge on any atom is -0.489 e. The second-order valence-electron chi connectivity index (χ2n) is 7.38. The lowest BCUT2D eigenvalue weighted by atomic mass is 10.1. The largest absolute Gasteiger partial charge is 0.573 e. The SMILES string of the molecule is NC(=O)c1cnc(N)c(OC[C@@H]2CN(C(=O)Cc3ccc(OC(F)(F)F)cc3)CC2(F)F)c1. The molecular weight excluding hydrogens is 455 g/mol. The van der Waals surface area contributed by atoms with Crippen LogP contribution in [0, 0.1) is 5.92 Å². The Balaban J connectivity index is 1.60. The van der Waals surface area contributed by atoms with Crippen LogP contribution in [0.25, 0.3) is 0 Å². The zero-order valence-electron chi connectivity index (χ0n) is 16.9. The third-order valence-electron chi connectivity index (χ3n) is 4.91. The molecule has 1 aliphatic rings. The van der Waals surface area contributed by atoms with E-state index in [0.29, 0.717) is 5.56 Å². The fourth-order valence-corrected chi connectivity index (χ4v) is 3.20. The van der Waals surface area contributed by atoms with Gasteiger partial charge in [0.05, 0.1) is 31.1 Å². The number of nitrogen functional groups attached to an aromatic ring is 1. The molecule has 0 unspecified atom stereocenters. The van der Waals surface area contributed by atoms with Gasteiger partial charge in [0.1, 0.15) is 5.75 Å². The number of nitrogens with two attached hydrogens (primary N) is 2. The third-order valence-corrected chi connectivity index (χ3v) is 4.91. The van der Waals surface area contributed by atoms with Gasteiger partial charge in [0.25, 0.3) is 5.92 Å². The highest BCUT2D eigenvalue weighted by Gasteiger charge is 2.49. The standard InChI is InChI=1S/C20H19F5N4O4/c21-19(22)10-29(16(30)5-11-1-3-14(4-2-11)33-20(23,24)25)8-13(19)9-32-15-6-12(18(27)31)7-28-17(15)26/h1-4,6-7,13H,5,8-10H2,(H2,26,28)(H2,27,31)/t13-/m0/s1. The number of carbonyl (C=O) groups excluding carboxylic acids is 2. The Labute approximate surface area is 184 Å². The number of hydrogen-bond donors (Lipinski definition) is 2. The summed E-state index contributed by atoms with van der Waals surface area (Å²) >= 11 is 0. The van der Waals surface area contributed by atoms with Gasteiger partial charge in [-0.15, -0.1) is 13.2 Å². The molecule has 1 aromatic heterocycles. The smallest absolute Gasteiger partial charge is 0.489 e. The molecule has 0 radical (unpaired) electrons. The first-order chi connectivity index (χ1) is 15.3. The van der Waals surface area contributed by atoms with Gasteiger partial charge in [-0.3, -0.25) is 9.59 Å². The second-order valence-corrected chi connectivity index (χ2v) is 7.38. The van der Waals surface area contributed by atoms with E-state index in [1.807, 2.05) is 0 Å². The number of anilines is 1. The number of carbonyl (C=O) groups is 2. The molecule has 2 heterocycles. The van der Waals surface area contributed by atoms with Crippen LogP contribution in [0.15, 0.2) is 36.5 Å². The number of hydrogen-bond acceptors (Lipinski definition) is 6. The number of nitrogens with zero attached hydrogens (tertiary/aromatic N) is 2. The van der Waals surface area contributed by atoms with Crippen LogP contribution in [0.2, 0.25) is 0 Å². The summed E-state index contributed by atoms with van der Waals surface area (Å²) in [6, 6.07) is 5.74. The molecule has 13 heteroatoms. The first kappa shape index (κ1) is 24.0. The average molecular weight is 474 g/mol. The lowest BCUT2D eigenvalue weighted by Crippen LogP contribution is -2.33. The van der Waals surface area contributed by atoms with Crippen LogP contribution in [0.3, 0.4) is 0 Å². The summed E-state index contributed by atoms with van der Waals surface area (Å²) in [6.45, 7) is -1.66. The van der Waals surface area contributed by atoms with E-state index in [9.17, 15) is 31.5 Å². The maximum absolute atomic E-state index is 14.5. The highest BCUT2D eigenvalue weighted by atomic mass is 19.4. The Morgan fingerprint density at radius 1 is 1.21 bits per heavy atom. The number of alkyl halides is 5. The molecule has 1 aliphatic heterocycles. The summed E-state index contributed by atoms with van der Waals surface area (Å²) in [5.41, 5.74) is 11.1. The number of aromatic nitrogens is 1. The zero-order valence-corrected chi connectivity index (χ0v) is 16.9. The van der Waals surface area contributed by atoms with Crippen LogP contribution in [-0.4, -0.2) is 53.7 Å². The van der Waals surface area contributed by atoms with Gasteiger partial charge >= 0.3 is 6.36 Å². The maximum atomic E-state index is 14.5. The van der Waals surface area contributed by atoms with Crippen LogP contribution in [0.4, 0.5) is 27.8 Å². The predicted octanol–water partition coefficient (Wildman–Crippen LogP) is 2.38. The van der Waals surface area contributed by atoms with Gasteiger partial charge < -0.3 is 25.8 Å². The Morgan fingerprint density at radius 3 is 2.48 bits per heavy atom. The van der Waals surface area contributed by atoms with Crippen LogP contribution < -0.4 is 20.9 Å². The van der Waals surface area contributed by atoms with Crippen LogP contribution in [0.5, 0.6) is 11.5 Å². The average Bonchev–Trinajstić information content (AvgIpc) is 3.02. The van der Waals surface area contributed by atoms with Crippen molar-refractivity contribution in [1.82, 2.24) is 9.88 Å². The first-order valence-corrected chi connectivity index (χ1v) is 9.52. The van der Waals surface area contributed by atoms with Crippen molar-refractivity contribution in [3.05, 3.63) is 47.7 Å². The number of likely N-dealkylation sites (tertiary alicyclic amines) is 1. The fourth-order valence-electron chi connectivity index (χ4n) is 3.20. The molecule has 2 amide bonds. The topological polar surface area (TPSA) is 121 Å². The van der Waals surface area contributed by atoms with Gasteiger partial charge in [-0.1, -0.05) is 12.1 Å². The molecular formula is C20H19F5N4O4. The molecule has 1 atom stereocenters. The second kappa shape index (κ2) is 9.08. The number of benzene rings is 1. The molecule has 178 valence electrons. The van der Waals surface area contributed by atoms with E-state index in [0.717, 1.165) is 23.2 Å². The molecule has 0 bridgehead atoms. The molecule has 33 heavy (non-hydrogen) atoms. The molecule has 2 aromatic rings. The molecule has 1 aromatic carbocycles. The summed E-state index contributed by atoms with van der Waals surface area (Å²) in [6.07, 6.45) is -4.01. The van der Waals surface area contributed by atoms with Crippen LogP contribution in [0.1, 0.15) is 15.9 Å². The van der Waals surface area contributed by atoms with Crippen molar-refractivity contribution < 1.29 is 41.0 Å². The van der Waals surface area contributed by atoms with Crippen molar-refractivity contribution in [3.63, 3.8) is 0 Å². The Hall–Kier alpha value is -3.64. The lowest BCUT2D eigenvalue weighted by molar-refractivity contribution is -0.274. The number of halogens is 5. The number of primary amides is 1. The molecule has 1 fully saturated rings. The molecule has 8 nitrogen and oxygen atoms in total. The molecule has 3 rings (SSSR count). The minimum atomic E-state index is -4.85. The number of rotatable bonds is 7. The maximum Gasteiger partial charge on any atom is 0.573 e. The van der Waals surface area contributed by atoms with Crippen molar-refractivity contribution >= 4 is 17.6 Å². The van der Waals surface area contributed by atoms with Crippen molar-refractivity contribution in [2.24, 2.45) is 11.7 Å². The van der Waals surface area contributed by atoms with Crippen molar-refractivity contribution in [1.29, 1.82) is 0 Å². The van der Waals surface area contributed by atoms with Crippen molar-refractivity contribution in [2.45, 2.75) is 18.7 Å². The van der Waals surface area contributed by atoms with E-state index in [1.54, 1.807) is 0 Å². The molecule has 0 spiro atoms. The van der Waals surface area contributed by atoms with Crippen molar-refractivity contribution in [2.75, 3.05) is 25.4 Å². The normalized spacial score (nSPS) is 17.6. The lowest BCUT2D eigenvalue weighted by Gasteiger charge is -2.18. The minimum absolute atomic E-state index is 0.0131. The van der Waals surface area contributed by atoms with E-state index < -0.39 is 48.9 Å². The van der Waals surface area contributed by atoms with Gasteiger partial charge in [-0.25, -0.2) is 13.8 Å². The van der Waals surface area contributed by atoms with Crippen LogP contribution in [-0.2, 0) is 11.2 Å². The van der Waals surface area contributed by atoms with Gasteiger partial charge in [0, 0.05) is 12.7 Å². The number of amides is 2. The number of pyridine rings is 1.